The van der Waals surface area contributed by atoms with Gasteiger partial charge in [0.2, 0.25) is 21.6 Å². The second-order valence-corrected chi connectivity index (χ2v) is 9.55. The number of hydrogen-bond donors (Lipinski definition) is 1. The van der Waals surface area contributed by atoms with Gasteiger partial charge >= 0.3 is 0 Å². The highest BCUT2D eigenvalue weighted by Crippen LogP contribution is 2.32. The van der Waals surface area contributed by atoms with Crippen LogP contribution in [0.5, 0.6) is 0 Å². The molecule has 31 heavy (non-hydrogen) atoms. The molecule has 166 valence electrons. The maximum absolute atomic E-state index is 13.0. The number of rotatable bonds is 7. The van der Waals surface area contributed by atoms with Crippen molar-refractivity contribution >= 4 is 15.9 Å². The number of aryl methyl sites for hydroxylation is 1. The molecule has 1 saturated heterocycles. The van der Waals surface area contributed by atoms with Crippen LogP contribution in [0.25, 0.3) is 11.7 Å². The lowest BCUT2D eigenvalue weighted by Gasteiger charge is -2.25. The predicted octanol–water partition coefficient (Wildman–Crippen LogP) is 3.44. The highest BCUT2D eigenvalue weighted by Gasteiger charge is 2.31. The summed E-state index contributed by atoms with van der Waals surface area (Å²) in [6, 6.07) is 3.42. The van der Waals surface area contributed by atoms with E-state index in [1.54, 1.807) is 6.92 Å². The van der Waals surface area contributed by atoms with Crippen LogP contribution in [0.3, 0.4) is 0 Å². The van der Waals surface area contributed by atoms with E-state index >= 15 is 0 Å². The number of allylic oxidation sites excluding steroid dienone is 1. The first-order chi connectivity index (χ1) is 15.0. The minimum absolute atomic E-state index is 0.0693. The van der Waals surface area contributed by atoms with E-state index in [0.717, 1.165) is 19.3 Å². The van der Waals surface area contributed by atoms with E-state index in [0.29, 0.717) is 32.8 Å². The van der Waals surface area contributed by atoms with Gasteiger partial charge in [-0.2, -0.15) is 14.6 Å². The van der Waals surface area contributed by atoms with E-state index in [1.807, 2.05) is 6.07 Å². The average molecular weight is 447 g/mol. The Kier molecular flexibility index (Phi) is 6.46. The van der Waals surface area contributed by atoms with Gasteiger partial charge in [0.25, 0.3) is 5.89 Å². The molecule has 1 N–H and O–H groups in total. The lowest BCUT2D eigenvalue weighted by Crippen LogP contribution is -2.40. The van der Waals surface area contributed by atoms with Crippen LogP contribution in [0.4, 0.5) is 5.88 Å². The molecule has 0 radical (unpaired) electrons. The molecule has 0 aromatic carbocycles. The maximum atomic E-state index is 13.0. The predicted molar refractivity (Wildman–Crippen MR) is 113 cm³/mol. The number of nitrogens with zero attached hydrogens (tertiary/aromatic N) is 3. The van der Waals surface area contributed by atoms with E-state index in [4.69, 9.17) is 13.6 Å². The van der Waals surface area contributed by atoms with Crippen LogP contribution in [-0.4, -0.2) is 50.6 Å². The van der Waals surface area contributed by atoms with E-state index in [-0.39, 0.29) is 33.9 Å². The summed E-state index contributed by atoms with van der Waals surface area (Å²) < 4.78 is 43.9. The summed E-state index contributed by atoms with van der Waals surface area (Å²) in [4.78, 5) is 4.26. The van der Waals surface area contributed by atoms with Crippen LogP contribution >= 0.6 is 0 Å². The number of furan rings is 1. The zero-order chi connectivity index (χ0) is 21.8. The third-order valence-electron chi connectivity index (χ3n) is 5.52. The topological polar surface area (TPSA) is 122 Å². The minimum Gasteiger partial charge on any atom is -0.455 e. The SMILES string of the molecule is Cc1oc(-c2nc(C#N)c(NCCC3=CCCCC3)o2)cc1S(=O)(=O)N1CCOCC1. The number of nitrogens with one attached hydrogen (secondary N) is 1. The van der Waals surface area contributed by atoms with Crippen molar-refractivity contribution in [1.29, 1.82) is 5.26 Å². The number of hydrogen-bond acceptors (Lipinski definition) is 8. The fourth-order valence-electron chi connectivity index (χ4n) is 3.84. The number of ether oxygens (including phenoxy) is 1. The van der Waals surface area contributed by atoms with Gasteiger partial charge < -0.3 is 18.9 Å². The fraction of sp³-hybridized carbons (Fsp3) is 0.524. The number of anilines is 1. The molecule has 0 amide bonds. The Morgan fingerprint density at radius 1 is 1.26 bits per heavy atom. The molecule has 4 rings (SSSR count). The Morgan fingerprint density at radius 2 is 2.06 bits per heavy atom. The third kappa shape index (κ3) is 4.69. The molecule has 1 fully saturated rings. The van der Waals surface area contributed by atoms with Gasteiger partial charge in [0.15, 0.2) is 5.76 Å². The van der Waals surface area contributed by atoms with E-state index in [1.165, 1.54) is 28.8 Å². The summed E-state index contributed by atoms with van der Waals surface area (Å²) in [5.74, 6) is 0.754. The highest BCUT2D eigenvalue weighted by molar-refractivity contribution is 7.89. The smallest absolute Gasteiger partial charge is 0.266 e. The van der Waals surface area contributed by atoms with Gasteiger partial charge in [-0.3, -0.25) is 0 Å². The Balaban J connectivity index is 1.51. The summed E-state index contributed by atoms with van der Waals surface area (Å²) in [5.41, 5.74) is 1.52. The molecule has 2 aliphatic rings. The fourth-order valence-corrected chi connectivity index (χ4v) is 5.41. The van der Waals surface area contributed by atoms with Crippen molar-refractivity contribution in [3.8, 4) is 17.7 Å². The first kappa shape index (κ1) is 21.6. The van der Waals surface area contributed by atoms with Crippen LogP contribution in [0.2, 0.25) is 0 Å². The third-order valence-corrected chi connectivity index (χ3v) is 7.53. The van der Waals surface area contributed by atoms with Crippen LogP contribution in [0.15, 0.2) is 31.4 Å². The van der Waals surface area contributed by atoms with Crippen LogP contribution in [0, 0.1) is 18.3 Å². The molecule has 1 aliphatic carbocycles. The monoisotopic (exact) mass is 446 g/mol. The van der Waals surface area contributed by atoms with Gasteiger partial charge in [-0.15, -0.1) is 0 Å². The summed E-state index contributed by atoms with van der Waals surface area (Å²) in [6.07, 6.45) is 7.86. The second kappa shape index (κ2) is 9.26. The van der Waals surface area contributed by atoms with Crippen molar-refractivity contribution < 1.29 is 22.0 Å². The molecule has 2 aromatic heterocycles. The molecule has 1 aliphatic heterocycles. The lowest BCUT2D eigenvalue weighted by molar-refractivity contribution is 0.0730. The van der Waals surface area contributed by atoms with Gasteiger partial charge in [-0.1, -0.05) is 11.6 Å². The minimum atomic E-state index is -3.71. The highest BCUT2D eigenvalue weighted by atomic mass is 32.2. The molecule has 0 saturated carbocycles. The van der Waals surface area contributed by atoms with Crippen molar-refractivity contribution in [2.24, 2.45) is 0 Å². The number of sulfonamides is 1. The molecule has 0 atom stereocenters. The number of oxazole rings is 1. The van der Waals surface area contributed by atoms with Crippen molar-refractivity contribution in [2.45, 2.75) is 43.9 Å². The number of aromatic nitrogens is 1. The van der Waals surface area contributed by atoms with E-state index < -0.39 is 10.0 Å². The summed E-state index contributed by atoms with van der Waals surface area (Å²) >= 11 is 0. The van der Waals surface area contributed by atoms with Gasteiger partial charge in [-0.05, 0) is 39.0 Å². The standard InChI is InChI=1S/C21H26N4O5S/c1-15-19(31(26,27)25-9-11-28-12-10-25)13-18(29-15)21-24-17(14-22)20(30-21)23-8-7-16-5-3-2-4-6-16/h5,13,23H,2-4,6-12H2,1H3. The van der Waals surface area contributed by atoms with Crippen LogP contribution in [-0.2, 0) is 14.8 Å². The maximum Gasteiger partial charge on any atom is 0.266 e. The van der Waals surface area contributed by atoms with Crippen LogP contribution in [0.1, 0.15) is 43.6 Å². The molecule has 2 aromatic rings. The quantitative estimate of drug-likeness (QED) is 0.642. The Bertz CT molecular complexity index is 1100. The molecule has 3 heterocycles. The second-order valence-electron chi connectivity index (χ2n) is 7.64. The number of nitriles is 1. The first-order valence-electron chi connectivity index (χ1n) is 10.5. The van der Waals surface area contributed by atoms with E-state index in [2.05, 4.69) is 16.4 Å². The molecule has 0 spiro atoms. The van der Waals surface area contributed by atoms with Gasteiger partial charge in [-0.25, -0.2) is 8.42 Å². The summed E-state index contributed by atoms with van der Waals surface area (Å²) in [6.45, 7) is 3.53. The zero-order valence-corrected chi connectivity index (χ0v) is 18.3. The Hall–Kier alpha value is -2.61. The normalized spacial score (nSPS) is 17.9. The first-order valence-corrected chi connectivity index (χ1v) is 11.9. The van der Waals surface area contributed by atoms with Crippen LogP contribution < -0.4 is 5.32 Å². The molecule has 0 unspecified atom stereocenters. The molecule has 10 heteroatoms. The largest absolute Gasteiger partial charge is 0.455 e. The van der Waals surface area contributed by atoms with E-state index in [9.17, 15) is 13.7 Å². The van der Waals surface area contributed by atoms with Crippen molar-refractivity contribution in [3.05, 3.63) is 29.2 Å². The molecule has 0 bridgehead atoms. The average Bonchev–Trinajstić information content (AvgIpc) is 3.39. The lowest BCUT2D eigenvalue weighted by atomic mass is 9.97. The molecular weight excluding hydrogens is 420 g/mol. The molecule has 9 nitrogen and oxygen atoms in total. The van der Waals surface area contributed by atoms with Crippen molar-refractivity contribution in [1.82, 2.24) is 9.29 Å². The van der Waals surface area contributed by atoms with Gasteiger partial charge in [0.1, 0.15) is 16.7 Å². The van der Waals surface area contributed by atoms with Gasteiger partial charge in [0, 0.05) is 25.7 Å². The number of morpholine rings is 1. The Morgan fingerprint density at radius 3 is 2.77 bits per heavy atom. The van der Waals surface area contributed by atoms with Crippen molar-refractivity contribution in [3.63, 3.8) is 0 Å². The zero-order valence-electron chi connectivity index (χ0n) is 17.5. The summed E-state index contributed by atoms with van der Waals surface area (Å²) in [5, 5.41) is 12.5. The van der Waals surface area contributed by atoms with Gasteiger partial charge in [0.05, 0.1) is 13.2 Å². The molecular formula is C21H26N4O5S. The Labute approximate surface area is 181 Å². The van der Waals surface area contributed by atoms with Crippen molar-refractivity contribution in [2.75, 3.05) is 38.2 Å². The summed E-state index contributed by atoms with van der Waals surface area (Å²) in [7, 11) is -3.71.